The lowest BCUT2D eigenvalue weighted by atomic mass is 10.1. The van der Waals surface area contributed by atoms with Crippen molar-refractivity contribution in [2.45, 2.75) is 0 Å². The fraction of sp³-hybridized carbons (Fsp3) is 0.174. The molecular weight excluding hydrogens is 415 g/mol. The Morgan fingerprint density at radius 2 is 1.81 bits per heavy atom. The van der Waals surface area contributed by atoms with Gasteiger partial charge in [0.1, 0.15) is 11.3 Å². The van der Waals surface area contributed by atoms with Crippen molar-refractivity contribution in [3.63, 3.8) is 0 Å². The Hall–Kier alpha value is -3.29. The highest BCUT2D eigenvalue weighted by atomic mass is 35.5. The molecule has 1 saturated heterocycles. The van der Waals surface area contributed by atoms with Crippen molar-refractivity contribution in [3.05, 3.63) is 71.8 Å². The molecule has 8 heteroatoms. The first-order chi connectivity index (χ1) is 15.2. The maximum atomic E-state index is 14.5. The van der Waals surface area contributed by atoms with E-state index in [2.05, 4.69) is 42.6 Å². The van der Waals surface area contributed by atoms with E-state index in [1.54, 1.807) is 24.5 Å². The van der Waals surface area contributed by atoms with Gasteiger partial charge in [-0.25, -0.2) is 14.4 Å². The molecule has 0 amide bonds. The lowest BCUT2D eigenvalue weighted by Crippen LogP contribution is -2.43. The number of piperazine rings is 1. The van der Waals surface area contributed by atoms with Gasteiger partial charge in [-0.3, -0.25) is 4.98 Å². The van der Waals surface area contributed by atoms with E-state index in [9.17, 15) is 4.39 Å². The van der Waals surface area contributed by atoms with Crippen LogP contribution >= 0.6 is 11.6 Å². The van der Waals surface area contributed by atoms with Crippen LogP contribution < -0.4 is 15.5 Å². The van der Waals surface area contributed by atoms with Crippen molar-refractivity contribution >= 4 is 39.8 Å². The number of nitrogens with zero attached hydrogens (tertiary/aromatic N) is 4. The van der Waals surface area contributed by atoms with Crippen LogP contribution in [0.5, 0.6) is 0 Å². The molecular formula is C23H20ClFN6. The summed E-state index contributed by atoms with van der Waals surface area (Å²) < 4.78 is 14.5. The van der Waals surface area contributed by atoms with Crippen molar-refractivity contribution in [2.24, 2.45) is 0 Å². The van der Waals surface area contributed by atoms with Crippen LogP contribution in [0, 0.1) is 5.82 Å². The van der Waals surface area contributed by atoms with Gasteiger partial charge in [0.2, 0.25) is 5.95 Å². The van der Waals surface area contributed by atoms with E-state index in [1.165, 1.54) is 17.8 Å². The molecule has 2 aromatic carbocycles. The number of rotatable bonds is 4. The number of fused-ring (bicyclic) bond motifs is 1. The van der Waals surface area contributed by atoms with E-state index in [4.69, 9.17) is 11.6 Å². The van der Waals surface area contributed by atoms with Gasteiger partial charge in [-0.1, -0.05) is 11.6 Å². The minimum absolute atomic E-state index is 0.308. The summed E-state index contributed by atoms with van der Waals surface area (Å²) in [5.41, 5.74) is 3.35. The second-order valence-electron chi connectivity index (χ2n) is 7.32. The van der Waals surface area contributed by atoms with Crippen LogP contribution in [0.3, 0.4) is 0 Å². The fourth-order valence-electron chi connectivity index (χ4n) is 3.70. The second kappa shape index (κ2) is 8.45. The van der Waals surface area contributed by atoms with E-state index in [1.807, 2.05) is 12.1 Å². The third kappa shape index (κ3) is 4.15. The van der Waals surface area contributed by atoms with Gasteiger partial charge in [0.15, 0.2) is 0 Å². The normalized spacial score (nSPS) is 14.1. The average Bonchev–Trinajstić information content (AvgIpc) is 2.81. The predicted molar refractivity (Wildman–Crippen MR) is 123 cm³/mol. The second-order valence-corrected chi connectivity index (χ2v) is 7.76. The molecule has 0 spiro atoms. The molecule has 0 saturated carbocycles. The molecule has 2 aromatic heterocycles. The summed E-state index contributed by atoms with van der Waals surface area (Å²) in [7, 11) is 0. The lowest BCUT2D eigenvalue weighted by molar-refractivity contribution is 0.589. The van der Waals surface area contributed by atoms with Gasteiger partial charge in [0, 0.05) is 65.9 Å². The molecule has 1 fully saturated rings. The Kier molecular flexibility index (Phi) is 5.36. The van der Waals surface area contributed by atoms with Gasteiger partial charge in [0.25, 0.3) is 0 Å². The highest BCUT2D eigenvalue weighted by Gasteiger charge is 2.14. The molecule has 2 N–H and O–H groups in total. The van der Waals surface area contributed by atoms with Gasteiger partial charge in [0.05, 0.1) is 5.69 Å². The van der Waals surface area contributed by atoms with Gasteiger partial charge < -0.3 is 15.5 Å². The van der Waals surface area contributed by atoms with Crippen molar-refractivity contribution in [1.82, 2.24) is 20.3 Å². The number of pyridine rings is 1. The van der Waals surface area contributed by atoms with Crippen LogP contribution in [-0.4, -0.2) is 41.1 Å². The summed E-state index contributed by atoms with van der Waals surface area (Å²) in [5, 5.41) is 7.79. The molecule has 3 heterocycles. The third-order valence-electron chi connectivity index (χ3n) is 5.29. The molecule has 6 nitrogen and oxygen atoms in total. The molecule has 0 radical (unpaired) electrons. The highest BCUT2D eigenvalue weighted by Crippen LogP contribution is 2.30. The third-order valence-corrected chi connectivity index (χ3v) is 5.52. The zero-order valence-electron chi connectivity index (χ0n) is 16.6. The van der Waals surface area contributed by atoms with Crippen molar-refractivity contribution in [1.29, 1.82) is 0 Å². The first-order valence-electron chi connectivity index (χ1n) is 10.1. The maximum Gasteiger partial charge on any atom is 0.227 e. The standard InChI is InChI=1S/C23H20ClFN6/c24-16-1-6-20(25)19(13-16)22-21-15(7-8-27-22)14-28-23(30-21)29-17-2-4-18(5-3-17)31-11-9-26-10-12-31/h1-8,13-14,26H,9-12H2,(H,28,29,30). The van der Waals surface area contributed by atoms with Gasteiger partial charge in [-0.15, -0.1) is 0 Å². The number of benzene rings is 2. The first kappa shape index (κ1) is 19.7. The quantitative estimate of drug-likeness (QED) is 0.488. The van der Waals surface area contributed by atoms with Gasteiger partial charge >= 0.3 is 0 Å². The van der Waals surface area contributed by atoms with E-state index in [-0.39, 0.29) is 0 Å². The zero-order chi connectivity index (χ0) is 21.2. The van der Waals surface area contributed by atoms with Crippen LogP contribution in [0.4, 0.5) is 21.7 Å². The smallest absolute Gasteiger partial charge is 0.227 e. The summed E-state index contributed by atoms with van der Waals surface area (Å²) >= 11 is 6.08. The Morgan fingerprint density at radius 3 is 2.61 bits per heavy atom. The number of halogens is 2. The van der Waals surface area contributed by atoms with Crippen LogP contribution in [0.25, 0.3) is 22.2 Å². The Balaban J connectivity index is 1.45. The summed E-state index contributed by atoms with van der Waals surface area (Å²) in [6, 6.07) is 14.4. The number of anilines is 3. The minimum atomic E-state index is -0.402. The fourth-order valence-corrected chi connectivity index (χ4v) is 3.87. The molecule has 31 heavy (non-hydrogen) atoms. The molecule has 5 rings (SSSR count). The summed E-state index contributed by atoms with van der Waals surface area (Å²) in [6.45, 7) is 3.98. The SMILES string of the molecule is Fc1ccc(Cl)cc1-c1nccc2cnc(Nc3ccc(N4CCNCC4)cc3)nc12. The summed E-state index contributed by atoms with van der Waals surface area (Å²) in [6.07, 6.45) is 3.32. The van der Waals surface area contributed by atoms with Gasteiger partial charge in [-0.2, -0.15) is 0 Å². The lowest BCUT2D eigenvalue weighted by Gasteiger charge is -2.29. The summed E-state index contributed by atoms with van der Waals surface area (Å²) in [5.74, 6) is 0.0140. The van der Waals surface area contributed by atoms with Crippen molar-refractivity contribution in [3.8, 4) is 11.3 Å². The molecule has 0 aliphatic carbocycles. The molecule has 0 atom stereocenters. The molecule has 4 aromatic rings. The van der Waals surface area contributed by atoms with Crippen molar-refractivity contribution in [2.75, 3.05) is 36.4 Å². The highest BCUT2D eigenvalue weighted by molar-refractivity contribution is 6.30. The molecule has 1 aliphatic rings. The molecule has 156 valence electrons. The minimum Gasteiger partial charge on any atom is -0.369 e. The van der Waals surface area contributed by atoms with Crippen molar-refractivity contribution < 1.29 is 4.39 Å². The molecule has 0 unspecified atom stereocenters. The Bertz CT molecular complexity index is 1220. The molecule has 1 aliphatic heterocycles. The monoisotopic (exact) mass is 434 g/mol. The van der Waals surface area contributed by atoms with E-state index in [0.717, 1.165) is 37.3 Å². The Morgan fingerprint density at radius 1 is 1.00 bits per heavy atom. The van der Waals surface area contributed by atoms with E-state index in [0.29, 0.717) is 27.7 Å². The maximum absolute atomic E-state index is 14.5. The zero-order valence-corrected chi connectivity index (χ0v) is 17.4. The number of hydrogen-bond acceptors (Lipinski definition) is 6. The van der Waals surface area contributed by atoms with Crippen LogP contribution in [-0.2, 0) is 0 Å². The predicted octanol–water partition coefficient (Wildman–Crippen LogP) is 4.64. The number of hydrogen-bond donors (Lipinski definition) is 2. The number of aromatic nitrogens is 3. The topological polar surface area (TPSA) is 66.0 Å². The summed E-state index contributed by atoms with van der Waals surface area (Å²) in [4.78, 5) is 15.7. The van der Waals surface area contributed by atoms with Crippen LogP contribution in [0.1, 0.15) is 0 Å². The van der Waals surface area contributed by atoms with Gasteiger partial charge in [-0.05, 0) is 48.5 Å². The Labute approximate surface area is 184 Å². The first-order valence-corrected chi connectivity index (χ1v) is 10.5. The van der Waals surface area contributed by atoms with Crippen LogP contribution in [0.15, 0.2) is 60.9 Å². The van der Waals surface area contributed by atoms with E-state index < -0.39 is 5.82 Å². The average molecular weight is 435 g/mol. The van der Waals surface area contributed by atoms with Crippen LogP contribution in [0.2, 0.25) is 5.02 Å². The molecule has 0 bridgehead atoms. The largest absolute Gasteiger partial charge is 0.369 e. The van der Waals surface area contributed by atoms with E-state index >= 15 is 0 Å². The number of nitrogens with one attached hydrogen (secondary N) is 2.